The summed E-state index contributed by atoms with van der Waals surface area (Å²) in [5.74, 6) is -1.08. The summed E-state index contributed by atoms with van der Waals surface area (Å²) in [5, 5.41) is 20.2. The predicted octanol–water partition coefficient (Wildman–Crippen LogP) is 2.12. The molecule has 25 heavy (non-hydrogen) atoms. The van der Waals surface area contributed by atoms with Crippen LogP contribution in [0.15, 0.2) is 48.8 Å². The molecule has 3 rings (SSSR count). The molecule has 0 atom stereocenters. The molecule has 0 radical (unpaired) electrons. The van der Waals surface area contributed by atoms with Crippen LogP contribution in [0.4, 0.5) is 5.82 Å². The lowest BCUT2D eigenvalue weighted by Crippen LogP contribution is -2.20. The van der Waals surface area contributed by atoms with Gasteiger partial charge in [-0.25, -0.2) is 4.79 Å². The second-order valence-electron chi connectivity index (χ2n) is 5.28. The smallest absolute Gasteiger partial charge is 0.356 e. The van der Waals surface area contributed by atoms with Crippen molar-refractivity contribution in [3.05, 3.63) is 65.1 Å². The molecule has 1 amide bonds. The van der Waals surface area contributed by atoms with E-state index in [-0.39, 0.29) is 18.1 Å². The molecule has 0 saturated heterocycles. The van der Waals surface area contributed by atoms with Crippen LogP contribution in [-0.4, -0.2) is 36.5 Å². The lowest BCUT2D eigenvalue weighted by atomic mass is 10.2. The van der Waals surface area contributed by atoms with Gasteiger partial charge in [-0.3, -0.25) is 14.2 Å². The third kappa shape index (κ3) is 4.45. The fourth-order valence-electron chi connectivity index (χ4n) is 2.19. The van der Waals surface area contributed by atoms with Gasteiger partial charge in [0.15, 0.2) is 11.5 Å². The number of carbonyl (C=O) groups is 2. The van der Waals surface area contributed by atoms with Gasteiger partial charge < -0.3 is 10.4 Å². The SMILES string of the molecule is O=C(Cn1ccc(C(=O)O)n1)Nc1ccn(Cc2ccc(Cl)cc2)n1. The maximum atomic E-state index is 12.0. The van der Waals surface area contributed by atoms with E-state index in [1.165, 1.54) is 16.9 Å². The first-order chi connectivity index (χ1) is 12.0. The van der Waals surface area contributed by atoms with E-state index in [0.717, 1.165) is 5.56 Å². The summed E-state index contributed by atoms with van der Waals surface area (Å²) in [6, 6.07) is 10.4. The summed E-state index contributed by atoms with van der Waals surface area (Å²) >= 11 is 5.85. The molecule has 0 bridgehead atoms. The Kier molecular flexibility index (Phi) is 4.80. The molecule has 0 saturated carbocycles. The molecule has 9 heteroatoms. The predicted molar refractivity (Wildman–Crippen MR) is 90.6 cm³/mol. The maximum absolute atomic E-state index is 12.0. The molecule has 128 valence electrons. The summed E-state index contributed by atoms with van der Waals surface area (Å²) in [4.78, 5) is 22.7. The van der Waals surface area contributed by atoms with E-state index in [9.17, 15) is 9.59 Å². The van der Waals surface area contributed by atoms with Gasteiger partial charge in [-0.1, -0.05) is 23.7 Å². The zero-order valence-electron chi connectivity index (χ0n) is 13.0. The largest absolute Gasteiger partial charge is 0.476 e. The molecule has 0 fully saturated rings. The lowest BCUT2D eigenvalue weighted by molar-refractivity contribution is -0.116. The van der Waals surface area contributed by atoms with Crippen molar-refractivity contribution in [3.63, 3.8) is 0 Å². The highest BCUT2D eigenvalue weighted by Gasteiger charge is 2.10. The summed E-state index contributed by atoms with van der Waals surface area (Å²) in [6.45, 7) is 0.450. The Balaban J connectivity index is 1.57. The van der Waals surface area contributed by atoms with Gasteiger partial charge in [-0.05, 0) is 23.8 Å². The van der Waals surface area contributed by atoms with E-state index in [0.29, 0.717) is 17.4 Å². The molecular formula is C16H14ClN5O3. The molecule has 0 aliphatic rings. The van der Waals surface area contributed by atoms with Crippen LogP contribution in [-0.2, 0) is 17.9 Å². The minimum atomic E-state index is -1.14. The highest BCUT2D eigenvalue weighted by Crippen LogP contribution is 2.11. The normalized spacial score (nSPS) is 10.6. The highest BCUT2D eigenvalue weighted by atomic mass is 35.5. The first kappa shape index (κ1) is 16.7. The van der Waals surface area contributed by atoms with E-state index in [1.807, 2.05) is 12.1 Å². The van der Waals surface area contributed by atoms with Crippen LogP contribution in [0.2, 0.25) is 5.02 Å². The van der Waals surface area contributed by atoms with E-state index in [2.05, 4.69) is 15.5 Å². The number of carboxylic acids is 1. The molecule has 8 nitrogen and oxygen atoms in total. The van der Waals surface area contributed by atoms with E-state index in [1.54, 1.807) is 29.1 Å². The average Bonchev–Trinajstić information content (AvgIpc) is 3.19. The van der Waals surface area contributed by atoms with E-state index < -0.39 is 5.97 Å². The Labute approximate surface area is 147 Å². The van der Waals surface area contributed by atoms with Crippen LogP contribution in [0.1, 0.15) is 16.1 Å². The van der Waals surface area contributed by atoms with Crippen LogP contribution in [0.25, 0.3) is 0 Å². The lowest BCUT2D eigenvalue weighted by Gasteiger charge is -2.03. The molecule has 2 N–H and O–H groups in total. The molecule has 3 aromatic rings. The number of hydrogen-bond donors (Lipinski definition) is 2. The molecule has 0 aliphatic heterocycles. The summed E-state index contributed by atoms with van der Waals surface area (Å²) < 4.78 is 2.94. The summed E-state index contributed by atoms with van der Waals surface area (Å²) in [5.41, 5.74) is 0.920. The second kappa shape index (κ2) is 7.18. The third-order valence-electron chi connectivity index (χ3n) is 3.33. The van der Waals surface area contributed by atoms with Crippen LogP contribution in [0.5, 0.6) is 0 Å². The van der Waals surface area contributed by atoms with Gasteiger partial charge in [-0.2, -0.15) is 10.2 Å². The van der Waals surface area contributed by atoms with Crippen molar-refractivity contribution < 1.29 is 14.7 Å². The summed E-state index contributed by atoms with van der Waals surface area (Å²) in [6.07, 6.45) is 3.18. The monoisotopic (exact) mass is 359 g/mol. The zero-order chi connectivity index (χ0) is 17.8. The minimum absolute atomic E-state index is 0.0999. The van der Waals surface area contributed by atoms with Gasteiger partial charge in [-0.15, -0.1) is 0 Å². The van der Waals surface area contributed by atoms with Gasteiger partial charge in [0.05, 0.1) is 6.54 Å². The standard InChI is InChI=1S/C16H14ClN5O3/c17-12-3-1-11(2-4-12)9-21-8-6-14(20-21)18-15(23)10-22-7-5-13(19-22)16(24)25/h1-8H,9-10H2,(H,24,25)(H,18,20,23). The van der Waals surface area contributed by atoms with E-state index >= 15 is 0 Å². The fraction of sp³-hybridized carbons (Fsp3) is 0.125. The number of aromatic carboxylic acids is 1. The number of amides is 1. The third-order valence-corrected chi connectivity index (χ3v) is 3.58. The number of benzene rings is 1. The number of halogens is 1. The van der Waals surface area contributed by atoms with Gasteiger partial charge in [0.1, 0.15) is 6.54 Å². The minimum Gasteiger partial charge on any atom is -0.476 e. The first-order valence-electron chi connectivity index (χ1n) is 7.34. The van der Waals surface area contributed by atoms with Crippen LogP contribution < -0.4 is 5.32 Å². The zero-order valence-corrected chi connectivity index (χ0v) is 13.7. The van der Waals surface area contributed by atoms with Crippen molar-refractivity contribution in [1.82, 2.24) is 19.6 Å². The van der Waals surface area contributed by atoms with Crippen molar-refractivity contribution >= 4 is 29.3 Å². The topological polar surface area (TPSA) is 102 Å². The highest BCUT2D eigenvalue weighted by molar-refractivity contribution is 6.30. The van der Waals surface area contributed by atoms with Crippen molar-refractivity contribution in [1.29, 1.82) is 0 Å². The number of hydrogen-bond acceptors (Lipinski definition) is 4. The summed E-state index contributed by atoms with van der Waals surface area (Å²) in [7, 11) is 0. The van der Waals surface area contributed by atoms with Crippen molar-refractivity contribution in [2.75, 3.05) is 5.32 Å². The number of carboxylic acid groups (broad SMARTS) is 1. The number of carbonyl (C=O) groups excluding carboxylic acids is 1. The Morgan fingerprint density at radius 1 is 1.04 bits per heavy atom. The molecule has 0 aliphatic carbocycles. The molecule has 0 spiro atoms. The molecular weight excluding hydrogens is 346 g/mol. The first-order valence-corrected chi connectivity index (χ1v) is 7.72. The number of anilines is 1. The number of aromatic nitrogens is 4. The number of nitrogens with zero attached hydrogens (tertiary/aromatic N) is 4. The van der Waals surface area contributed by atoms with Crippen molar-refractivity contribution in [3.8, 4) is 0 Å². The fourth-order valence-corrected chi connectivity index (χ4v) is 2.31. The Morgan fingerprint density at radius 3 is 2.44 bits per heavy atom. The maximum Gasteiger partial charge on any atom is 0.356 e. The van der Waals surface area contributed by atoms with Crippen molar-refractivity contribution in [2.45, 2.75) is 13.1 Å². The second-order valence-corrected chi connectivity index (χ2v) is 5.71. The van der Waals surface area contributed by atoms with Crippen LogP contribution in [0.3, 0.4) is 0 Å². The van der Waals surface area contributed by atoms with Gasteiger partial charge in [0.25, 0.3) is 0 Å². The molecule has 2 aromatic heterocycles. The van der Waals surface area contributed by atoms with E-state index in [4.69, 9.17) is 16.7 Å². The number of nitrogens with one attached hydrogen (secondary N) is 1. The van der Waals surface area contributed by atoms with Crippen LogP contribution in [0, 0.1) is 0 Å². The van der Waals surface area contributed by atoms with Gasteiger partial charge >= 0.3 is 5.97 Å². The average molecular weight is 360 g/mol. The van der Waals surface area contributed by atoms with Crippen molar-refractivity contribution in [2.24, 2.45) is 0 Å². The number of rotatable bonds is 6. The molecule has 2 heterocycles. The van der Waals surface area contributed by atoms with Gasteiger partial charge in [0.2, 0.25) is 5.91 Å². The molecule has 0 unspecified atom stereocenters. The quantitative estimate of drug-likeness (QED) is 0.701. The van der Waals surface area contributed by atoms with Crippen LogP contribution >= 0.6 is 11.6 Å². The van der Waals surface area contributed by atoms with Gasteiger partial charge in [0, 0.05) is 23.5 Å². The Hall–Kier alpha value is -3.13. The molecule has 1 aromatic carbocycles. The Morgan fingerprint density at radius 2 is 1.76 bits per heavy atom. The Bertz CT molecular complexity index is 901.